The van der Waals surface area contributed by atoms with Crippen molar-refractivity contribution in [1.29, 1.82) is 0 Å². The van der Waals surface area contributed by atoms with Crippen LogP contribution in [0, 0.1) is 6.92 Å². The summed E-state index contributed by atoms with van der Waals surface area (Å²) in [6.45, 7) is 2.05. The second-order valence-corrected chi connectivity index (χ2v) is 5.51. The first-order valence-electron chi connectivity index (χ1n) is 7.76. The molecule has 0 amide bonds. The van der Waals surface area contributed by atoms with Crippen molar-refractivity contribution in [3.05, 3.63) is 72.4 Å². The van der Waals surface area contributed by atoms with E-state index in [-0.39, 0.29) is 0 Å². The first-order valence-corrected chi connectivity index (χ1v) is 7.76. The summed E-state index contributed by atoms with van der Waals surface area (Å²) in [5, 5.41) is 9.44. The molecule has 1 aromatic carbocycles. The van der Waals surface area contributed by atoms with Gasteiger partial charge in [0.15, 0.2) is 11.5 Å². The number of anilines is 1. The van der Waals surface area contributed by atoms with Gasteiger partial charge in [-0.15, -0.1) is 0 Å². The Balaban J connectivity index is 1.64. The minimum absolute atomic E-state index is 0.601. The van der Waals surface area contributed by atoms with Gasteiger partial charge in [-0.3, -0.25) is 10.4 Å². The Hall–Kier alpha value is -3.61. The van der Waals surface area contributed by atoms with Crippen LogP contribution in [0.4, 0.5) is 5.82 Å². The summed E-state index contributed by atoms with van der Waals surface area (Å²) >= 11 is 0. The molecular formula is C18H15N7. The number of nitrogens with zero attached hydrogens (tertiary/aromatic N) is 6. The summed E-state index contributed by atoms with van der Waals surface area (Å²) in [5.74, 6) is 0.601. The van der Waals surface area contributed by atoms with E-state index in [0.29, 0.717) is 11.5 Å². The standard InChI is InChI=1S/C18H15N7/c1-13-4-2-5-14(8-13)9-22-24-17-16-11-23-25(18(16)21-12-20-17)15-6-3-7-19-10-15/h2-12H,1H3,(H,20,21,24). The van der Waals surface area contributed by atoms with Crippen molar-refractivity contribution in [2.45, 2.75) is 6.92 Å². The molecule has 0 fully saturated rings. The minimum Gasteiger partial charge on any atom is -0.262 e. The zero-order valence-corrected chi connectivity index (χ0v) is 13.5. The van der Waals surface area contributed by atoms with Gasteiger partial charge in [0, 0.05) is 6.20 Å². The number of fused-ring (bicyclic) bond motifs is 1. The zero-order chi connectivity index (χ0) is 17.1. The molecule has 0 radical (unpaired) electrons. The van der Waals surface area contributed by atoms with Crippen molar-refractivity contribution in [2.75, 3.05) is 5.43 Å². The summed E-state index contributed by atoms with van der Waals surface area (Å²) in [4.78, 5) is 12.7. The highest BCUT2D eigenvalue weighted by Crippen LogP contribution is 2.21. The Morgan fingerprint density at radius 3 is 2.92 bits per heavy atom. The van der Waals surface area contributed by atoms with Crippen LogP contribution in [0.5, 0.6) is 0 Å². The molecule has 0 aliphatic rings. The summed E-state index contributed by atoms with van der Waals surface area (Å²) in [7, 11) is 0. The van der Waals surface area contributed by atoms with Crippen LogP contribution in [0.25, 0.3) is 16.7 Å². The SMILES string of the molecule is Cc1cccc(C=NNc2ncnc3c2cnn3-c2cccnc2)c1. The molecule has 0 saturated heterocycles. The maximum Gasteiger partial charge on any atom is 0.168 e. The fraction of sp³-hybridized carbons (Fsp3) is 0.0556. The molecule has 1 N–H and O–H groups in total. The van der Waals surface area contributed by atoms with Crippen molar-refractivity contribution in [3.8, 4) is 5.69 Å². The van der Waals surface area contributed by atoms with E-state index in [9.17, 15) is 0 Å². The Bertz CT molecular complexity index is 1040. The number of hydrazone groups is 1. The lowest BCUT2D eigenvalue weighted by Gasteiger charge is -2.03. The highest BCUT2D eigenvalue weighted by atomic mass is 15.3. The molecule has 3 heterocycles. The Labute approximate surface area is 144 Å². The van der Waals surface area contributed by atoms with Crippen LogP contribution in [0.3, 0.4) is 0 Å². The first kappa shape index (κ1) is 14.9. The molecule has 0 aliphatic carbocycles. The van der Waals surface area contributed by atoms with E-state index in [2.05, 4.69) is 36.6 Å². The van der Waals surface area contributed by atoms with Gasteiger partial charge in [0.25, 0.3) is 0 Å². The van der Waals surface area contributed by atoms with Crippen LogP contribution in [-0.4, -0.2) is 30.9 Å². The maximum absolute atomic E-state index is 4.39. The minimum atomic E-state index is 0.601. The maximum atomic E-state index is 4.39. The molecule has 0 bridgehead atoms. The van der Waals surface area contributed by atoms with Crippen LogP contribution < -0.4 is 5.43 Å². The summed E-state index contributed by atoms with van der Waals surface area (Å²) in [6, 6.07) is 11.9. The molecule has 0 spiro atoms. The second kappa shape index (κ2) is 6.48. The molecule has 25 heavy (non-hydrogen) atoms. The largest absolute Gasteiger partial charge is 0.262 e. The topological polar surface area (TPSA) is 80.9 Å². The van der Waals surface area contributed by atoms with Gasteiger partial charge in [0.2, 0.25) is 0 Å². The summed E-state index contributed by atoms with van der Waals surface area (Å²) in [5.41, 5.74) is 6.70. The van der Waals surface area contributed by atoms with Crippen molar-refractivity contribution in [1.82, 2.24) is 24.7 Å². The van der Waals surface area contributed by atoms with Crippen molar-refractivity contribution in [3.63, 3.8) is 0 Å². The highest BCUT2D eigenvalue weighted by Gasteiger charge is 2.10. The Morgan fingerprint density at radius 2 is 2.08 bits per heavy atom. The van der Waals surface area contributed by atoms with E-state index in [4.69, 9.17) is 0 Å². The van der Waals surface area contributed by atoms with Crippen LogP contribution in [0.1, 0.15) is 11.1 Å². The molecule has 3 aromatic heterocycles. The Morgan fingerprint density at radius 1 is 1.12 bits per heavy atom. The number of hydrogen-bond acceptors (Lipinski definition) is 6. The Kier molecular flexibility index (Phi) is 3.88. The van der Waals surface area contributed by atoms with Gasteiger partial charge in [-0.25, -0.2) is 14.6 Å². The van der Waals surface area contributed by atoms with Crippen LogP contribution in [0.2, 0.25) is 0 Å². The average molecular weight is 329 g/mol. The van der Waals surface area contributed by atoms with E-state index < -0.39 is 0 Å². The number of hydrogen-bond donors (Lipinski definition) is 1. The van der Waals surface area contributed by atoms with Gasteiger partial charge >= 0.3 is 0 Å². The molecule has 0 unspecified atom stereocenters. The van der Waals surface area contributed by atoms with Gasteiger partial charge in [-0.1, -0.05) is 29.8 Å². The van der Waals surface area contributed by atoms with Crippen LogP contribution in [-0.2, 0) is 0 Å². The molecular weight excluding hydrogens is 314 g/mol. The normalized spacial score (nSPS) is 11.2. The lowest BCUT2D eigenvalue weighted by atomic mass is 10.2. The van der Waals surface area contributed by atoms with Crippen LogP contribution in [0.15, 0.2) is 66.4 Å². The highest BCUT2D eigenvalue weighted by molar-refractivity contribution is 5.88. The number of rotatable bonds is 4. The third-order valence-electron chi connectivity index (χ3n) is 3.68. The third-order valence-corrected chi connectivity index (χ3v) is 3.68. The molecule has 7 heteroatoms. The summed E-state index contributed by atoms with van der Waals surface area (Å²) in [6.07, 6.45) is 8.41. The predicted octanol–water partition coefficient (Wildman–Crippen LogP) is 2.96. The van der Waals surface area contributed by atoms with E-state index in [0.717, 1.165) is 16.6 Å². The van der Waals surface area contributed by atoms with Gasteiger partial charge in [0.05, 0.1) is 29.7 Å². The van der Waals surface area contributed by atoms with Crippen molar-refractivity contribution < 1.29 is 0 Å². The predicted molar refractivity (Wildman–Crippen MR) is 96.9 cm³/mol. The molecule has 0 atom stereocenters. The molecule has 4 aromatic rings. The lowest BCUT2D eigenvalue weighted by molar-refractivity contribution is 0.888. The monoisotopic (exact) mass is 329 g/mol. The molecule has 4 rings (SSSR count). The van der Waals surface area contributed by atoms with E-state index in [1.807, 2.05) is 37.3 Å². The number of nitrogens with one attached hydrogen (secondary N) is 1. The van der Waals surface area contributed by atoms with Crippen molar-refractivity contribution in [2.24, 2.45) is 5.10 Å². The number of pyridine rings is 1. The van der Waals surface area contributed by atoms with Gasteiger partial charge in [-0.05, 0) is 24.6 Å². The second-order valence-electron chi connectivity index (χ2n) is 5.51. The van der Waals surface area contributed by atoms with E-state index in [1.54, 1.807) is 29.5 Å². The number of aromatic nitrogens is 5. The van der Waals surface area contributed by atoms with E-state index in [1.165, 1.54) is 11.9 Å². The van der Waals surface area contributed by atoms with Gasteiger partial charge < -0.3 is 0 Å². The molecule has 7 nitrogen and oxygen atoms in total. The first-order chi connectivity index (χ1) is 12.3. The molecule has 0 saturated carbocycles. The zero-order valence-electron chi connectivity index (χ0n) is 13.5. The van der Waals surface area contributed by atoms with Crippen molar-refractivity contribution >= 4 is 23.1 Å². The van der Waals surface area contributed by atoms with Crippen LogP contribution >= 0.6 is 0 Å². The number of benzene rings is 1. The van der Waals surface area contributed by atoms with E-state index >= 15 is 0 Å². The summed E-state index contributed by atoms with van der Waals surface area (Å²) < 4.78 is 1.72. The fourth-order valence-corrected chi connectivity index (χ4v) is 2.52. The molecule has 0 aliphatic heterocycles. The quantitative estimate of drug-likeness (QED) is 0.460. The van der Waals surface area contributed by atoms with Gasteiger partial charge in [0.1, 0.15) is 6.33 Å². The number of aryl methyl sites for hydroxylation is 1. The third kappa shape index (κ3) is 3.07. The molecule has 122 valence electrons. The smallest absolute Gasteiger partial charge is 0.168 e. The van der Waals surface area contributed by atoms with Gasteiger partial charge in [-0.2, -0.15) is 10.2 Å². The fourth-order valence-electron chi connectivity index (χ4n) is 2.52. The lowest BCUT2D eigenvalue weighted by Crippen LogP contribution is -1.99. The average Bonchev–Trinajstić information content (AvgIpc) is 3.08.